The maximum atomic E-state index is 12.3. The number of benzene rings is 2. The van der Waals surface area contributed by atoms with Gasteiger partial charge in [-0.25, -0.2) is 4.68 Å². The van der Waals surface area contributed by atoms with Crippen molar-refractivity contribution in [2.24, 2.45) is 0 Å². The van der Waals surface area contributed by atoms with Crippen LogP contribution in [0, 0.1) is 0 Å². The molecule has 1 aromatic heterocycles. The minimum Gasteiger partial charge on any atom is -0.392 e. The second kappa shape index (κ2) is 6.58. The summed E-state index contributed by atoms with van der Waals surface area (Å²) in [6.07, 6.45) is 0. The van der Waals surface area contributed by atoms with Crippen molar-refractivity contribution in [2.75, 3.05) is 0 Å². The predicted octanol–water partition coefficient (Wildman–Crippen LogP) is 1.87. The van der Waals surface area contributed by atoms with Crippen LogP contribution in [0.15, 0.2) is 42.5 Å². The van der Waals surface area contributed by atoms with Gasteiger partial charge in [-0.15, -0.1) is 5.10 Å². The molecule has 0 aliphatic carbocycles. The van der Waals surface area contributed by atoms with Crippen molar-refractivity contribution in [1.82, 2.24) is 20.3 Å². The zero-order chi connectivity index (χ0) is 16.2. The van der Waals surface area contributed by atoms with Gasteiger partial charge in [0.25, 0.3) is 5.91 Å². The zero-order valence-corrected chi connectivity index (χ0v) is 12.9. The van der Waals surface area contributed by atoms with Gasteiger partial charge in [-0.05, 0) is 36.2 Å². The van der Waals surface area contributed by atoms with Crippen molar-refractivity contribution >= 4 is 16.9 Å². The van der Waals surface area contributed by atoms with E-state index in [1.54, 1.807) is 16.8 Å². The van der Waals surface area contributed by atoms with E-state index < -0.39 is 0 Å². The van der Waals surface area contributed by atoms with Crippen molar-refractivity contribution in [3.8, 4) is 0 Å². The highest BCUT2D eigenvalue weighted by Crippen LogP contribution is 2.14. The van der Waals surface area contributed by atoms with E-state index in [-0.39, 0.29) is 12.5 Å². The summed E-state index contributed by atoms with van der Waals surface area (Å²) in [7, 11) is 0. The molecule has 0 radical (unpaired) electrons. The first-order valence-electron chi connectivity index (χ1n) is 7.52. The van der Waals surface area contributed by atoms with Gasteiger partial charge in [0.15, 0.2) is 0 Å². The van der Waals surface area contributed by atoms with E-state index in [4.69, 9.17) is 0 Å². The summed E-state index contributed by atoms with van der Waals surface area (Å²) >= 11 is 0. The molecule has 23 heavy (non-hydrogen) atoms. The smallest absolute Gasteiger partial charge is 0.251 e. The number of hydrogen-bond acceptors (Lipinski definition) is 4. The molecule has 0 aliphatic heterocycles. The molecule has 6 heteroatoms. The first-order valence-corrected chi connectivity index (χ1v) is 7.52. The fourth-order valence-corrected chi connectivity index (χ4v) is 2.51. The van der Waals surface area contributed by atoms with E-state index in [1.807, 2.05) is 37.3 Å². The SMILES string of the molecule is CCn1nnc2cc(C(=O)NCc3ccccc3CO)ccc21. The summed E-state index contributed by atoms with van der Waals surface area (Å²) < 4.78 is 1.79. The molecule has 0 aliphatic rings. The van der Waals surface area contributed by atoms with Crippen LogP contribution in [0.3, 0.4) is 0 Å². The summed E-state index contributed by atoms with van der Waals surface area (Å²) in [6.45, 7) is 3.06. The zero-order valence-electron chi connectivity index (χ0n) is 12.9. The monoisotopic (exact) mass is 310 g/mol. The Bertz CT molecular complexity index is 841. The van der Waals surface area contributed by atoms with Crippen LogP contribution in [0.1, 0.15) is 28.4 Å². The van der Waals surface area contributed by atoms with Gasteiger partial charge in [-0.1, -0.05) is 29.5 Å². The number of aliphatic hydroxyl groups excluding tert-OH is 1. The molecule has 0 spiro atoms. The van der Waals surface area contributed by atoms with Crippen LogP contribution in [0.25, 0.3) is 11.0 Å². The van der Waals surface area contributed by atoms with E-state index in [0.29, 0.717) is 17.6 Å². The molecule has 6 nitrogen and oxygen atoms in total. The van der Waals surface area contributed by atoms with E-state index >= 15 is 0 Å². The molecule has 1 heterocycles. The summed E-state index contributed by atoms with van der Waals surface area (Å²) in [4.78, 5) is 12.3. The summed E-state index contributed by atoms with van der Waals surface area (Å²) in [5.74, 6) is -0.175. The Balaban J connectivity index is 1.75. The van der Waals surface area contributed by atoms with Gasteiger partial charge in [-0.3, -0.25) is 4.79 Å². The normalized spacial score (nSPS) is 10.9. The van der Waals surface area contributed by atoms with Crippen molar-refractivity contribution in [1.29, 1.82) is 0 Å². The van der Waals surface area contributed by atoms with Crippen molar-refractivity contribution < 1.29 is 9.90 Å². The average Bonchev–Trinajstić information content (AvgIpc) is 3.02. The molecule has 2 N–H and O–H groups in total. The van der Waals surface area contributed by atoms with E-state index in [9.17, 15) is 9.90 Å². The fourth-order valence-electron chi connectivity index (χ4n) is 2.51. The lowest BCUT2D eigenvalue weighted by Gasteiger charge is -2.09. The van der Waals surface area contributed by atoms with E-state index in [1.165, 1.54) is 0 Å². The van der Waals surface area contributed by atoms with Crippen LogP contribution in [0.5, 0.6) is 0 Å². The van der Waals surface area contributed by atoms with Crippen LogP contribution < -0.4 is 5.32 Å². The number of aromatic nitrogens is 3. The first-order chi connectivity index (χ1) is 11.2. The highest BCUT2D eigenvalue weighted by atomic mass is 16.3. The molecule has 0 fully saturated rings. The Kier molecular flexibility index (Phi) is 4.34. The molecule has 0 bridgehead atoms. The van der Waals surface area contributed by atoms with Gasteiger partial charge >= 0.3 is 0 Å². The molecular weight excluding hydrogens is 292 g/mol. The van der Waals surface area contributed by atoms with Crippen LogP contribution in [-0.2, 0) is 19.7 Å². The molecule has 2 aromatic carbocycles. The number of carbonyl (C=O) groups is 1. The predicted molar refractivity (Wildman–Crippen MR) is 86.7 cm³/mol. The van der Waals surface area contributed by atoms with Gasteiger partial charge in [0, 0.05) is 18.7 Å². The van der Waals surface area contributed by atoms with E-state index in [0.717, 1.165) is 23.2 Å². The Morgan fingerprint density at radius 1 is 1.22 bits per heavy atom. The number of fused-ring (bicyclic) bond motifs is 1. The Hall–Kier alpha value is -2.73. The molecular formula is C17H18N4O2. The number of nitrogens with zero attached hydrogens (tertiary/aromatic N) is 3. The number of aryl methyl sites for hydroxylation is 1. The highest BCUT2D eigenvalue weighted by molar-refractivity contribution is 5.97. The van der Waals surface area contributed by atoms with Crippen LogP contribution >= 0.6 is 0 Å². The Morgan fingerprint density at radius 2 is 2.00 bits per heavy atom. The highest BCUT2D eigenvalue weighted by Gasteiger charge is 2.10. The lowest BCUT2D eigenvalue weighted by molar-refractivity contribution is 0.0950. The van der Waals surface area contributed by atoms with E-state index in [2.05, 4.69) is 15.6 Å². The van der Waals surface area contributed by atoms with Crippen LogP contribution in [-0.4, -0.2) is 26.0 Å². The van der Waals surface area contributed by atoms with Gasteiger partial charge in [0.05, 0.1) is 12.1 Å². The second-order valence-electron chi connectivity index (χ2n) is 5.22. The lowest BCUT2D eigenvalue weighted by Crippen LogP contribution is -2.23. The van der Waals surface area contributed by atoms with Crippen molar-refractivity contribution in [3.05, 3.63) is 59.2 Å². The van der Waals surface area contributed by atoms with Gasteiger partial charge in [0.1, 0.15) is 5.52 Å². The standard InChI is InChI=1S/C17H18N4O2/c1-2-21-16-8-7-12(9-15(16)19-20-21)17(23)18-10-13-5-3-4-6-14(13)11-22/h3-9,22H,2,10-11H2,1H3,(H,18,23). The lowest BCUT2D eigenvalue weighted by atomic mass is 10.1. The van der Waals surface area contributed by atoms with Crippen LogP contribution in [0.2, 0.25) is 0 Å². The number of amides is 1. The van der Waals surface area contributed by atoms with Gasteiger partial charge in [-0.2, -0.15) is 0 Å². The van der Waals surface area contributed by atoms with Gasteiger partial charge in [0.2, 0.25) is 0 Å². The third-order valence-corrected chi connectivity index (χ3v) is 3.80. The maximum Gasteiger partial charge on any atom is 0.251 e. The number of nitrogens with one attached hydrogen (secondary N) is 1. The topological polar surface area (TPSA) is 80.0 Å². The quantitative estimate of drug-likeness (QED) is 0.754. The number of hydrogen-bond donors (Lipinski definition) is 2. The van der Waals surface area contributed by atoms with Crippen molar-refractivity contribution in [3.63, 3.8) is 0 Å². The summed E-state index contributed by atoms with van der Waals surface area (Å²) in [5, 5.41) is 20.3. The molecule has 3 aromatic rings. The molecule has 3 rings (SSSR count). The fraction of sp³-hybridized carbons (Fsp3) is 0.235. The molecule has 0 saturated carbocycles. The molecule has 0 atom stereocenters. The minimum atomic E-state index is -0.175. The third-order valence-electron chi connectivity index (χ3n) is 3.80. The Labute approximate surface area is 133 Å². The molecule has 0 saturated heterocycles. The Morgan fingerprint density at radius 3 is 2.74 bits per heavy atom. The summed E-state index contributed by atoms with van der Waals surface area (Å²) in [5.41, 5.74) is 3.88. The second-order valence-corrected chi connectivity index (χ2v) is 5.22. The first kappa shape index (κ1) is 15.2. The van der Waals surface area contributed by atoms with Crippen LogP contribution in [0.4, 0.5) is 0 Å². The minimum absolute atomic E-state index is 0.0435. The number of carbonyl (C=O) groups excluding carboxylic acids is 1. The average molecular weight is 310 g/mol. The molecule has 1 amide bonds. The molecule has 0 unspecified atom stereocenters. The van der Waals surface area contributed by atoms with Crippen molar-refractivity contribution in [2.45, 2.75) is 26.6 Å². The summed E-state index contributed by atoms with van der Waals surface area (Å²) in [6, 6.07) is 12.8. The maximum absolute atomic E-state index is 12.3. The largest absolute Gasteiger partial charge is 0.392 e. The number of rotatable bonds is 5. The van der Waals surface area contributed by atoms with Gasteiger partial charge < -0.3 is 10.4 Å². The third kappa shape index (κ3) is 3.07. The number of aliphatic hydroxyl groups is 1. The molecule has 118 valence electrons.